The molecule has 0 aliphatic carbocycles. The first kappa shape index (κ1) is 16.1. The largest absolute Gasteiger partial charge is 0.506 e. The Morgan fingerprint density at radius 3 is 2.72 bits per heavy atom. The van der Waals surface area contributed by atoms with Gasteiger partial charge in [-0.05, 0) is 48.7 Å². The van der Waals surface area contributed by atoms with E-state index in [0.29, 0.717) is 25.3 Å². The Kier molecular flexibility index (Phi) is 4.17. The first-order valence-electron chi connectivity index (χ1n) is 8.32. The maximum atomic E-state index is 12.9. The maximum absolute atomic E-state index is 12.9. The lowest BCUT2D eigenvalue weighted by Gasteiger charge is -2.27. The molecule has 25 heavy (non-hydrogen) atoms. The van der Waals surface area contributed by atoms with E-state index in [1.807, 2.05) is 23.1 Å². The fraction of sp³-hybridized carbons (Fsp3) is 0.316. The van der Waals surface area contributed by atoms with Gasteiger partial charge in [0, 0.05) is 12.1 Å². The summed E-state index contributed by atoms with van der Waals surface area (Å²) >= 11 is 5.95. The minimum atomic E-state index is -0.0840. The van der Waals surface area contributed by atoms with E-state index < -0.39 is 0 Å². The van der Waals surface area contributed by atoms with Crippen LogP contribution in [0.15, 0.2) is 36.4 Å². The van der Waals surface area contributed by atoms with Gasteiger partial charge in [-0.3, -0.25) is 4.79 Å². The van der Waals surface area contributed by atoms with E-state index in [1.54, 1.807) is 6.07 Å². The van der Waals surface area contributed by atoms with Gasteiger partial charge < -0.3 is 19.5 Å². The molecule has 2 aromatic carbocycles. The molecular weight excluding hydrogens is 342 g/mol. The number of amides is 1. The summed E-state index contributed by atoms with van der Waals surface area (Å²) in [7, 11) is 0. The second-order valence-corrected chi connectivity index (χ2v) is 6.63. The van der Waals surface area contributed by atoms with Crippen molar-refractivity contribution in [3.63, 3.8) is 0 Å². The van der Waals surface area contributed by atoms with Gasteiger partial charge in [-0.1, -0.05) is 17.7 Å². The summed E-state index contributed by atoms with van der Waals surface area (Å²) in [5, 5.41) is 9.73. The van der Waals surface area contributed by atoms with Crippen molar-refractivity contribution < 1.29 is 19.4 Å². The van der Waals surface area contributed by atoms with Crippen molar-refractivity contribution in [2.24, 2.45) is 0 Å². The molecule has 0 bridgehead atoms. The van der Waals surface area contributed by atoms with E-state index in [9.17, 15) is 9.90 Å². The number of phenols is 1. The minimum Gasteiger partial charge on any atom is -0.506 e. The molecule has 0 radical (unpaired) electrons. The summed E-state index contributed by atoms with van der Waals surface area (Å²) in [5.41, 5.74) is 1.52. The van der Waals surface area contributed by atoms with Crippen LogP contribution in [0.3, 0.4) is 0 Å². The Bertz CT molecular complexity index is 823. The first-order valence-corrected chi connectivity index (χ1v) is 8.70. The molecule has 0 spiro atoms. The van der Waals surface area contributed by atoms with Crippen LogP contribution in [0.1, 0.15) is 34.8 Å². The topological polar surface area (TPSA) is 59.0 Å². The van der Waals surface area contributed by atoms with Gasteiger partial charge in [0.05, 0.1) is 11.1 Å². The van der Waals surface area contributed by atoms with Crippen LogP contribution in [0.5, 0.6) is 17.2 Å². The smallest absolute Gasteiger partial charge is 0.254 e. The Labute approximate surface area is 150 Å². The molecule has 1 saturated heterocycles. The Hall–Kier alpha value is -2.40. The number of hydrogen-bond donors (Lipinski definition) is 1. The lowest BCUT2D eigenvalue weighted by molar-refractivity contribution is 0.0735. The number of fused-ring (bicyclic) bond motifs is 1. The van der Waals surface area contributed by atoms with Crippen molar-refractivity contribution in [2.45, 2.75) is 18.9 Å². The van der Waals surface area contributed by atoms with E-state index in [2.05, 4.69) is 0 Å². The first-order chi connectivity index (χ1) is 12.1. The van der Waals surface area contributed by atoms with Crippen molar-refractivity contribution >= 4 is 17.5 Å². The number of aromatic hydroxyl groups is 1. The summed E-state index contributed by atoms with van der Waals surface area (Å²) in [6, 6.07) is 10.4. The minimum absolute atomic E-state index is 0.00379. The van der Waals surface area contributed by atoms with Crippen LogP contribution >= 0.6 is 11.6 Å². The van der Waals surface area contributed by atoms with Crippen LogP contribution in [0.25, 0.3) is 0 Å². The van der Waals surface area contributed by atoms with E-state index >= 15 is 0 Å². The normalized spacial score (nSPS) is 19.1. The van der Waals surface area contributed by atoms with Crippen molar-refractivity contribution in [3.8, 4) is 17.2 Å². The van der Waals surface area contributed by atoms with E-state index in [4.69, 9.17) is 21.1 Å². The quantitative estimate of drug-likeness (QED) is 0.886. The highest BCUT2D eigenvalue weighted by Crippen LogP contribution is 2.39. The molecule has 130 valence electrons. The number of carbonyl (C=O) groups is 1. The van der Waals surface area contributed by atoms with Crippen LogP contribution in [0.4, 0.5) is 0 Å². The molecule has 1 N–H and O–H groups in total. The SMILES string of the molecule is O=C(c1ccc(O)c(Cl)c1)N1CCCC1c1ccc2c(c1)OCCO2. The summed E-state index contributed by atoms with van der Waals surface area (Å²) < 4.78 is 11.2. The lowest BCUT2D eigenvalue weighted by atomic mass is 10.0. The Balaban J connectivity index is 1.61. The fourth-order valence-electron chi connectivity index (χ4n) is 3.43. The van der Waals surface area contributed by atoms with E-state index in [0.717, 1.165) is 29.9 Å². The highest BCUT2D eigenvalue weighted by Gasteiger charge is 2.31. The second kappa shape index (κ2) is 6.48. The van der Waals surface area contributed by atoms with Crippen molar-refractivity contribution in [1.82, 2.24) is 4.90 Å². The number of rotatable bonds is 2. The van der Waals surface area contributed by atoms with E-state index in [1.165, 1.54) is 12.1 Å². The van der Waals surface area contributed by atoms with Crippen LogP contribution in [0, 0.1) is 0 Å². The number of carbonyl (C=O) groups excluding carboxylic acids is 1. The molecular formula is C19H18ClNO4. The van der Waals surface area contributed by atoms with Crippen LogP contribution in [-0.4, -0.2) is 35.7 Å². The molecule has 1 fully saturated rings. The van der Waals surface area contributed by atoms with Gasteiger partial charge >= 0.3 is 0 Å². The number of ether oxygens (including phenoxy) is 2. The molecule has 0 saturated carbocycles. The van der Waals surface area contributed by atoms with Crippen LogP contribution in [-0.2, 0) is 0 Å². The summed E-state index contributed by atoms with van der Waals surface area (Å²) in [6.07, 6.45) is 1.84. The third kappa shape index (κ3) is 3.00. The average molecular weight is 360 g/mol. The van der Waals surface area contributed by atoms with Gasteiger partial charge in [0.1, 0.15) is 19.0 Å². The van der Waals surface area contributed by atoms with Crippen LogP contribution in [0.2, 0.25) is 5.02 Å². The van der Waals surface area contributed by atoms with Crippen LogP contribution < -0.4 is 9.47 Å². The summed E-state index contributed by atoms with van der Waals surface area (Å²) in [6.45, 7) is 1.79. The highest BCUT2D eigenvalue weighted by molar-refractivity contribution is 6.32. The molecule has 1 atom stereocenters. The zero-order chi connectivity index (χ0) is 17.4. The van der Waals surface area contributed by atoms with Gasteiger partial charge in [0.2, 0.25) is 0 Å². The van der Waals surface area contributed by atoms with Gasteiger partial charge in [-0.15, -0.1) is 0 Å². The third-order valence-corrected chi connectivity index (χ3v) is 4.96. The van der Waals surface area contributed by atoms with Crippen molar-refractivity contribution in [2.75, 3.05) is 19.8 Å². The fourth-order valence-corrected chi connectivity index (χ4v) is 3.61. The number of halogens is 1. The standard InChI is InChI=1S/C19H18ClNO4/c20-14-10-13(3-5-16(14)22)19(23)21-7-1-2-15(21)12-4-6-17-18(11-12)25-9-8-24-17/h3-6,10-11,15,22H,1-2,7-9H2. The number of hydrogen-bond acceptors (Lipinski definition) is 4. The van der Waals surface area contributed by atoms with Gasteiger partial charge in [0.25, 0.3) is 5.91 Å². The average Bonchev–Trinajstić information content (AvgIpc) is 3.12. The number of benzene rings is 2. The second-order valence-electron chi connectivity index (χ2n) is 6.23. The molecule has 6 heteroatoms. The zero-order valence-electron chi connectivity index (χ0n) is 13.6. The number of nitrogens with zero attached hydrogens (tertiary/aromatic N) is 1. The van der Waals surface area contributed by atoms with Gasteiger partial charge in [-0.25, -0.2) is 0 Å². The molecule has 2 aliphatic heterocycles. The predicted octanol–water partition coefficient (Wildman–Crippen LogP) is 3.79. The molecule has 2 aromatic rings. The predicted molar refractivity (Wildman–Crippen MR) is 93.6 cm³/mol. The molecule has 2 heterocycles. The molecule has 5 nitrogen and oxygen atoms in total. The van der Waals surface area contributed by atoms with Gasteiger partial charge in [-0.2, -0.15) is 0 Å². The number of likely N-dealkylation sites (tertiary alicyclic amines) is 1. The zero-order valence-corrected chi connectivity index (χ0v) is 14.3. The molecule has 2 aliphatic rings. The summed E-state index contributed by atoms with van der Waals surface area (Å²) in [4.78, 5) is 14.8. The maximum Gasteiger partial charge on any atom is 0.254 e. The molecule has 1 amide bonds. The highest BCUT2D eigenvalue weighted by atomic mass is 35.5. The number of phenolic OH excluding ortho intramolecular Hbond substituents is 1. The molecule has 0 aromatic heterocycles. The monoisotopic (exact) mass is 359 g/mol. The Morgan fingerprint density at radius 1 is 1.12 bits per heavy atom. The van der Waals surface area contributed by atoms with E-state index in [-0.39, 0.29) is 22.7 Å². The van der Waals surface area contributed by atoms with Crippen molar-refractivity contribution in [3.05, 3.63) is 52.5 Å². The third-order valence-electron chi connectivity index (χ3n) is 4.66. The summed E-state index contributed by atoms with van der Waals surface area (Å²) in [5.74, 6) is 1.37. The van der Waals surface area contributed by atoms with Gasteiger partial charge in [0.15, 0.2) is 11.5 Å². The lowest BCUT2D eigenvalue weighted by Crippen LogP contribution is -2.30. The molecule has 1 unspecified atom stereocenters. The van der Waals surface area contributed by atoms with Crippen molar-refractivity contribution in [1.29, 1.82) is 0 Å². The Morgan fingerprint density at radius 2 is 1.92 bits per heavy atom. The molecule has 4 rings (SSSR count).